The molecule has 0 aliphatic rings. The van der Waals surface area contributed by atoms with Crippen LogP contribution in [0, 0.1) is 0 Å². The fourth-order valence-electron chi connectivity index (χ4n) is 1.65. The normalized spacial score (nSPS) is 14.4. The molecule has 0 aliphatic carbocycles. The van der Waals surface area contributed by atoms with E-state index in [-0.39, 0.29) is 11.1 Å². The van der Waals surface area contributed by atoms with Crippen molar-refractivity contribution in [1.82, 2.24) is 0 Å². The molecule has 3 nitrogen and oxygen atoms in total. The fraction of sp³-hybridized carbons (Fsp3) is 0.429. The van der Waals surface area contributed by atoms with Gasteiger partial charge < -0.3 is 4.74 Å². The van der Waals surface area contributed by atoms with Gasteiger partial charge in [0.2, 0.25) is 0 Å². The summed E-state index contributed by atoms with van der Waals surface area (Å²) in [7, 11) is -1.67. The highest BCUT2D eigenvalue weighted by Crippen LogP contribution is 2.14. The van der Waals surface area contributed by atoms with Crippen LogP contribution in [0.1, 0.15) is 13.3 Å². The maximum atomic E-state index is 12.1. The SMILES string of the molecule is COCC(Cl)C/C=C(\C)CS(=O)(=O)c1ccccc1. The molecule has 1 aromatic carbocycles. The van der Waals surface area contributed by atoms with Crippen molar-refractivity contribution in [1.29, 1.82) is 0 Å². The fourth-order valence-corrected chi connectivity index (χ4v) is 3.32. The van der Waals surface area contributed by atoms with Crippen molar-refractivity contribution >= 4 is 21.4 Å². The van der Waals surface area contributed by atoms with Gasteiger partial charge in [0, 0.05) is 7.11 Å². The smallest absolute Gasteiger partial charge is 0.182 e. The summed E-state index contributed by atoms with van der Waals surface area (Å²) in [4.78, 5) is 0.349. The largest absolute Gasteiger partial charge is 0.383 e. The minimum Gasteiger partial charge on any atom is -0.383 e. The molecule has 19 heavy (non-hydrogen) atoms. The summed E-state index contributed by atoms with van der Waals surface area (Å²) in [6.45, 7) is 2.26. The molecule has 1 unspecified atom stereocenters. The minimum atomic E-state index is -3.26. The average molecular weight is 303 g/mol. The molecule has 0 aromatic heterocycles. The highest BCUT2D eigenvalue weighted by atomic mass is 35.5. The van der Waals surface area contributed by atoms with Crippen molar-refractivity contribution < 1.29 is 13.2 Å². The lowest BCUT2D eigenvalue weighted by Crippen LogP contribution is -2.09. The molecule has 1 aromatic rings. The zero-order valence-corrected chi connectivity index (χ0v) is 12.7. The van der Waals surface area contributed by atoms with Crippen molar-refractivity contribution in [2.24, 2.45) is 0 Å². The second-order valence-corrected chi connectivity index (χ2v) is 7.02. The molecule has 0 aliphatic heterocycles. The molecule has 0 radical (unpaired) electrons. The monoisotopic (exact) mass is 302 g/mol. The summed E-state index contributed by atoms with van der Waals surface area (Å²) in [6, 6.07) is 8.46. The van der Waals surface area contributed by atoms with Crippen molar-refractivity contribution in [3.63, 3.8) is 0 Å². The summed E-state index contributed by atoms with van der Waals surface area (Å²) in [5.74, 6) is 0.0214. The second kappa shape index (κ2) is 7.68. The Morgan fingerprint density at radius 1 is 1.37 bits per heavy atom. The maximum absolute atomic E-state index is 12.1. The number of methoxy groups -OCH3 is 1. The van der Waals surface area contributed by atoms with E-state index in [1.54, 1.807) is 44.4 Å². The number of allylic oxidation sites excluding steroid dienone is 1. The van der Waals surface area contributed by atoms with E-state index < -0.39 is 9.84 Å². The molecule has 0 spiro atoms. The zero-order valence-electron chi connectivity index (χ0n) is 11.2. The number of halogens is 1. The van der Waals surface area contributed by atoms with E-state index in [1.807, 2.05) is 6.08 Å². The first-order valence-electron chi connectivity index (χ1n) is 6.02. The topological polar surface area (TPSA) is 43.4 Å². The van der Waals surface area contributed by atoms with Crippen LogP contribution in [0.3, 0.4) is 0 Å². The van der Waals surface area contributed by atoms with Crippen molar-refractivity contribution in [3.05, 3.63) is 42.0 Å². The number of hydrogen-bond donors (Lipinski definition) is 0. The van der Waals surface area contributed by atoms with Crippen LogP contribution in [0.5, 0.6) is 0 Å². The second-order valence-electron chi connectivity index (χ2n) is 4.41. The molecular formula is C14H19ClO3S. The van der Waals surface area contributed by atoms with Crippen LogP contribution < -0.4 is 0 Å². The number of benzene rings is 1. The number of hydrogen-bond acceptors (Lipinski definition) is 3. The Labute approximate surface area is 120 Å². The summed E-state index contributed by atoms with van der Waals surface area (Å²) in [5, 5.41) is -0.126. The van der Waals surface area contributed by atoms with E-state index >= 15 is 0 Å². The van der Waals surface area contributed by atoms with Crippen molar-refractivity contribution in [2.45, 2.75) is 23.6 Å². The predicted octanol–water partition coefficient (Wildman–Crippen LogP) is 3.05. The van der Waals surface area contributed by atoms with Crippen LogP contribution in [-0.4, -0.2) is 33.3 Å². The Bertz CT molecular complexity index is 509. The molecule has 106 valence electrons. The van der Waals surface area contributed by atoms with E-state index in [0.29, 0.717) is 17.9 Å². The molecule has 1 rings (SSSR count). The Morgan fingerprint density at radius 3 is 2.58 bits per heavy atom. The Balaban J connectivity index is 2.66. The van der Waals surface area contributed by atoms with Crippen LogP contribution in [-0.2, 0) is 14.6 Å². The quantitative estimate of drug-likeness (QED) is 0.574. The lowest BCUT2D eigenvalue weighted by molar-refractivity contribution is 0.198. The minimum absolute atomic E-state index is 0.0214. The molecule has 5 heteroatoms. The van der Waals surface area contributed by atoms with Gasteiger partial charge in [-0.3, -0.25) is 0 Å². The summed E-state index contributed by atoms with van der Waals surface area (Å²) >= 11 is 5.99. The zero-order chi connectivity index (χ0) is 14.3. The predicted molar refractivity (Wildman–Crippen MR) is 78.4 cm³/mol. The molecular weight excluding hydrogens is 284 g/mol. The summed E-state index contributed by atoms with van der Waals surface area (Å²) in [5.41, 5.74) is 0.797. The first kappa shape index (κ1) is 16.2. The lowest BCUT2D eigenvalue weighted by Gasteiger charge is -2.07. The first-order chi connectivity index (χ1) is 8.95. The molecule has 0 bridgehead atoms. The summed E-state index contributed by atoms with van der Waals surface area (Å²) < 4.78 is 29.2. The third-order valence-corrected chi connectivity index (χ3v) is 4.72. The van der Waals surface area contributed by atoms with Gasteiger partial charge in [-0.2, -0.15) is 0 Å². The molecule has 0 fully saturated rings. The molecule has 0 saturated carbocycles. The van der Waals surface area contributed by atoms with Gasteiger partial charge in [-0.25, -0.2) is 8.42 Å². The van der Waals surface area contributed by atoms with Gasteiger partial charge in [0.05, 0.1) is 22.6 Å². The average Bonchev–Trinajstić information content (AvgIpc) is 2.37. The number of ether oxygens (including phenoxy) is 1. The third-order valence-electron chi connectivity index (χ3n) is 2.59. The van der Waals surface area contributed by atoms with Gasteiger partial charge in [0.15, 0.2) is 9.84 Å². The molecule has 0 amide bonds. The Kier molecular flexibility index (Phi) is 6.55. The van der Waals surface area contributed by atoms with E-state index in [1.165, 1.54) is 0 Å². The molecule has 0 saturated heterocycles. The van der Waals surface area contributed by atoms with E-state index in [2.05, 4.69) is 0 Å². The van der Waals surface area contributed by atoms with Crippen molar-refractivity contribution in [2.75, 3.05) is 19.5 Å². The number of sulfone groups is 1. The standard InChI is InChI=1S/C14H19ClO3S/c1-12(8-9-13(15)10-18-2)11-19(16,17)14-6-4-3-5-7-14/h3-8,13H,9-11H2,1-2H3/b12-8+. The van der Waals surface area contributed by atoms with E-state index in [9.17, 15) is 8.42 Å². The van der Waals surface area contributed by atoms with Crippen LogP contribution in [0.15, 0.2) is 46.9 Å². The van der Waals surface area contributed by atoms with Crippen LogP contribution in [0.4, 0.5) is 0 Å². The number of alkyl halides is 1. The summed E-state index contributed by atoms with van der Waals surface area (Å²) in [6.07, 6.45) is 2.46. The molecule has 1 atom stereocenters. The lowest BCUT2D eigenvalue weighted by atomic mass is 10.2. The van der Waals surface area contributed by atoms with Crippen LogP contribution in [0.25, 0.3) is 0 Å². The van der Waals surface area contributed by atoms with Crippen LogP contribution >= 0.6 is 11.6 Å². The number of rotatable bonds is 7. The molecule has 0 heterocycles. The highest BCUT2D eigenvalue weighted by molar-refractivity contribution is 7.91. The van der Waals surface area contributed by atoms with Crippen molar-refractivity contribution in [3.8, 4) is 0 Å². The maximum Gasteiger partial charge on any atom is 0.182 e. The Hall–Kier alpha value is -0.840. The van der Waals surface area contributed by atoms with E-state index in [0.717, 1.165) is 5.57 Å². The molecule has 0 N–H and O–H groups in total. The van der Waals surface area contributed by atoms with Gasteiger partial charge in [-0.05, 0) is 25.5 Å². The first-order valence-corrected chi connectivity index (χ1v) is 8.11. The van der Waals surface area contributed by atoms with Gasteiger partial charge >= 0.3 is 0 Å². The highest BCUT2D eigenvalue weighted by Gasteiger charge is 2.14. The van der Waals surface area contributed by atoms with Gasteiger partial charge in [-0.15, -0.1) is 11.6 Å². The Morgan fingerprint density at radius 2 is 2.00 bits per heavy atom. The van der Waals surface area contributed by atoms with Gasteiger partial charge in [-0.1, -0.05) is 29.8 Å². The van der Waals surface area contributed by atoms with Gasteiger partial charge in [0.1, 0.15) is 0 Å². The van der Waals surface area contributed by atoms with Crippen LogP contribution in [0.2, 0.25) is 0 Å². The van der Waals surface area contributed by atoms with Gasteiger partial charge in [0.25, 0.3) is 0 Å². The van der Waals surface area contributed by atoms with E-state index in [4.69, 9.17) is 16.3 Å². The third kappa shape index (κ3) is 5.76.